The fraction of sp³-hybridized carbons (Fsp3) is 0.500. The van der Waals surface area contributed by atoms with Crippen LogP contribution in [-0.4, -0.2) is 53.7 Å². The largest absolute Gasteiger partial charge is 0.342 e. The number of hydrogen-bond donors (Lipinski definition) is 1. The number of amides is 1. The molecule has 136 valence electrons. The second-order valence-corrected chi connectivity index (χ2v) is 6.92. The van der Waals surface area contributed by atoms with E-state index in [1.807, 2.05) is 24.8 Å². The molecule has 8 nitrogen and oxygen atoms in total. The lowest BCUT2D eigenvalue weighted by Crippen LogP contribution is -2.39. The van der Waals surface area contributed by atoms with Gasteiger partial charge in [-0.2, -0.15) is 15.2 Å². The van der Waals surface area contributed by atoms with Crippen LogP contribution in [0.25, 0.3) is 5.78 Å². The van der Waals surface area contributed by atoms with Crippen LogP contribution in [0.1, 0.15) is 47.8 Å². The SMILES string of the molecule is Cc1nc2ncnn2c(C)c1CCC(=O)N1CCCC(c2ccn[nH]2)C1. The maximum absolute atomic E-state index is 12.8. The molecule has 26 heavy (non-hydrogen) atoms. The predicted octanol–water partition coefficient (Wildman–Crippen LogP) is 1.80. The molecule has 1 fully saturated rings. The van der Waals surface area contributed by atoms with Gasteiger partial charge in [-0.3, -0.25) is 9.89 Å². The summed E-state index contributed by atoms with van der Waals surface area (Å²) < 4.78 is 1.74. The van der Waals surface area contributed by atoms with Crippen LogP contribution in [0.3, 0.4) is 0 Å². The van der Waals surface area contributed by atoms with E-state index in [4.69, 9.17) is 0 Å². The second-order valence-electron chi connectivity index (χ2n) is 6.92. The lowest BCUT2D eigenvalue weighted by Gasteiger charge is -2.32. The Morgan fingerprint density at radius 3 is 3.08 bits per heavy atom. The van der Waals surface area contributed by atoms with E-state index in [2.05, 4.69) is 25.3 Å². The molecule has 0 saturated carbocycles. The average Bonchev–Trinajstić information content (AvgIpc) is 3.33. The zero-order valence-electron chi connectivity index (χ0n) is 15.1. The summed E-state index contributed by atoms with van der Waals surface area (Å²) in [6.45, 7) is 5.57. The van der Waals surface area contributed by atoms with Gasteiger partial charge >= 0.3 is 0 Å². The summed E-state index contributed by atoms with van der Waals surface area (Å²) in [6, 6.07) is 2.00. The number of aromatic amines is 1. The fourth-order valence-corrected chi connectivity index (χ4v) is 3.86. The molecule has 1 saturated heterocycles. The first kappa shape index (κ1) is 16.7. The summed E-state index contributed by atoms with van der Waals surface area (Å²) in [5.74, 6) is 1.16. The smallest absolute Gasteiger partial charge is 0.252 e. The summed E-state index contributed by atoms with van der Waals surface area (Å²) in [7, 11) is 0. The summed E-state index contributed by atoms with van der Waals surface area (Å²) >= 11 is 0. The third-order valence-electron chi connectivity index (χ3n) is 5.31. The summed E-state index contributed by atoms with van der Waals surface area (Å²) in [4.78, 5) is 23.4. The molecule has 0 bridgehead atoms. The number of fused-ring (bicyclic) bond motifs is 1. The van der Waals surface area contributed by atoms with E-state index in [-0.39, 0.29) is 5.91 Å². The van der Waals surface area contributed by atoms with E-state index < -0.39 is 0 Å². The van der Waals surface area contributed by atoms with Crippen LogP contribution in [0.4, 0.5) is 0 Å². The Hall–Kier alpha value is -2.77. The van der Waals surface area contributed by atoms with E-state index in [0.29, 0.717) is 24.5 Å². The molecule has 4 rings (SSSR count). The Labute approximate surface area is 151 Å². The van der Waals surface area contributed by atoms with Crippen LogP contribution < -0.4 is 0 Å². The van der Waals surface area contributed by atoms with Crippen LogP contribution in [-0.2, 0) is 11.2 Å². The predicted molar refractivity (Wildman–Crippen MR) is 95.7 cm³/mol. The molecule has 1 atom stereocenters. The van der Waals surface area contributed by atoms with Crippen LogP contribution >= 0.6 is 0 Å². The minimum atomic E-state index is 0.201. The van der Waals surface area contributed by atoms with Crippen molar-refractivity contribution in [3.8, 4) is 0 Å². The minimum absolute atomic E-state index is 0.201. The first-order valence-corrected chi connectivity index (χ1v) is 9.06. The van der Waals surface area contributed by atoms with Gasteiger partial charge in [0.1, 0.15) is 6.33 Å². The number of hydrogen-bond acceptors (Lipinski definition) is 5. The van der Waals surface area contributed by atoms with Crippen molar-refractivity contribution in [2.75, 3.05) is 13.1 Å². The van der Waals surface area contributed by atoms with Gasteiger partial charge in [0.05, 0.1) is 0 Å². The molecule has 0 aromatic carbocycles. The third kappa shape index (κ3) is 3.07. The number of aryl methyl sites for hydroxylation is 2. The van der Waals surface area contributed by atoms with Crippen molar-refractivity contribution in [3.05, 3.63) is 41.2 Å². The second kappa shape index (κ2) is 6.86. The van der Waals surface area contributed by atoms with Gasteiger partial charge in [0.25, 0.3) is 5.78 Å². The number of rotatable bonds is 4. The zero-order valence-corrected chi connectivity index (χ0v) is 15.1. The summed E-state index contributed by atoms with van der Waals surface area (Å²) in [5.41, 5.74) is 4.13. The van der Waals surface area contributed by atoms with E-state index in [0.717, 1.165) is 48.6 Å². The number of carbonyl (C=O) groups is 1. The van der Waals surface area contributed by atoms with Crippen molar-refractivity contribution in [3.63, 3.8) is 0 Å². The normalized spacial score (nSPS) is 17.8. The molecule has 0 spiro atoms. The molecule has 4 heterocycles. The third-order valence-corrected chi connectivity index (χ3v) is 5.31. The lowest BCUT2D eigenvalue weighted by molar-refractivity contribution is -0.132. The Bertz CT molecular complexity index is 915. The summed E-state index contributed by atoms with van der Waals surface area (Å²) in [6.07, 6.45) is 6.56. The van der Waals surface area contributed by atoms with Gasteiger partial charge in [-0.05, 0) is 44.7 Å². The van der Waals surface area contributed by atoms with Crippen LogP contribution in [0.2, 0.25) is 0 Å². The van der Waals surface area contributed by atoms with E-state index in [1.165, 1.54) is 6.33 Å². The average molecular weight is 353 g/mol. The highest BCUT2D eigenvalue weighted by Crippen LogP contribution is 2.26. The van der Waals surface area contributed by atoms with Crippen molar-refractivity contribution >= 4 is 11.7 Å². The first-order valence-electron chi connectivity index (χ1n) is 9.06. The number of nitrogens with zero attached hydrogens (tertiary/aromatic N) is 6. The number of piperidine rings is 1. The molecular formula is C18H23N7O. The molecule has 1 aliphatic rings. The monoisotopic (exact) mass is 353 g/mol. The number of likely N-dealkylation sites (tertiary alicyclic amines) is 1. The minimum Gasteiger partial charge on any atom is -0.342 e. The van der Waals surface area contributed by atoms with Crippen LogP contribution in [0.5, 0.6) is 0 Å². The van der Waals surface area contributed by atoms with Crippen LogP contribution in [0, 0.1) is 13.8 Å². The molecule has 3 aromatic heterocycles. The first-order chi connectivity index (χ1) is 12.6. The van der Waals surface area contributed by atoms with Gasteiger partial charge in [0, 0.05) is 48.7 Å². The van der Waals surface area contributed by atoms with Gasteiger partial charge in [-0.15, -0.1) is 0 Å². The van der Waals surface area contributed by atoms with Crippen molar-refractivity contribution in [1.82, 2.24) is 34.7 Å². The molecular weight excluding hydrogens is 330 g/mol. The molecule has 3 aromatic rings. The number of carbonyl (C=O) groups excluding carboxylic acids is 1. The maximum Gasteiger partial charge on any atom is 0.252 e. The highest BCUT2D eigenvalue weighted by atomic mass is 16.2. The van der Waals surface area contributed by atoms with E-state index >= 15 is 0 Å². The van der Waals surface area contributed by atoms with E-state index in [1.54, 1.807) is 10.7 Å². The van der Waals surface area contributed by atoms with E-state index in [9.17, 15) is 4.79 Å². The number of aromatic nitrogens is 6. The number of H-pyrrole nitrogens is 1. The molecule has 0 radical (unpaired) electrons. The highest BCUT2D eigenvalue weighted by molar-refractivity contribution is 5.76. The van der Waals surface area contributed by atoms with Gasteiger partial charge < -0.3 is 4.90 Å². The quantitative estimate of drug-likeness (QED) is 0.772. The molecule has 0 aliphatic carbocycles. The number of nitrogens with one attached hydrogen (secondary N) is 1. The molecule has 1 aliphatic heterocycles. The Balaban J connectivity index is 1.44. The lowest BCUT2D eigenvalue weighted by atomic mass is 9.94. The molecule has 1 amide bonds. The van der Waals surface area contributed by atoms with Crippen molar-refractivity contribution in [1.29, 1.82) is 0 Å². The fourth-order valence-electron chi connectivity index (χ4n) is 3.86. The van der Waals surface area contributed by atoms with Gasteiger partial charge in [0.15, 0.2) is 0 Å². The maximum atomic E-state index is 12.8. The van der Waals surface area contributed by atoms with Gasteiger partial charge in [0.2, 0.25) is 5.91 Å². The van der Waals surface area contributed by atoms with Gasteiger partial charge in [-0.1, -0.05) is 0 Å². The Kier molecular flexibility index (Phi) is 4.40. The van der Waals surface area contributed by atoms with Crippen molar-refractivity contribution < 1.29 is 4.79 Å². The Morgan fingerprint density at radius 1 is 1.38 bits per heavy atom. The molecule has 1 unspecified atom stereocenters. The standard InChI is InChI=1S/C18H23N7O/c1-12-15(13(2)25-18(22-12)19-11-21-25)5-6-17(26)24-9-3-4-14(10-24)16-7-8-20-23-16/h7-8,11,14H,3-6,9-10H2,1-2H3,(H,20,23). The van der Waals surface area contributed by atoms with Crippen molar-refractivity contribution in [2.24, 2.45) is 0 Å². The Morgan fingerprint density at radius 2 is 2.27 bits per heavy atom. The van der Waals surface area contributed by atoms with Crippen LogP contribution in [0.15, 0.2) is 18.6 Å². The highest BCUT2D eigenvalue weighted by Gasteiger charge is 2.25. The molecule has 1 N–H and O–H groups in total. The summed E-state index contributed by atoms with van der Waals surface area (Å²) in [5, 5.41) is 11.3. The zero-order chi connectivity index (χ0) is 18.1. The molecule has 8 heteroatoms. The van der Waals surface area contributed by atoms with Crippen molar-refractivity contribution in [2.45, 2.75) is 45.4 Å². The van der Waals surface area contributed by atoms with Gasteiger partial charge in [-0.25, -0.2) is 9.50 Å². The topological polar surface area (TPSA) is 92.1 Å².